The molecular formula is C22H24N4O. The van der Waals surface area contributed by atoms with Gasteiger partial charge in [-0.15, -0.1) is 0 Å². The number of anilines is 1. The summed E-state index contributed by atoms with van der Waals surface area (Å²) in [5, 5.41) is 4.50. The third kappa shape index (κ3) is 3.03. The summed E-state index contributed by atoms with van der Waals surface area (Å²) >= 11 is 0. The van der Waals surface area contributed by atoms with Gasteiger partial charge in [0.15, 0.2) is 5.82 Å². The highest BCUT2D eigenvalue weighted by atomic mass is 16.2. The summed E-state index contributed by atoms with van der Waals surface area (Å²) in [4.78, 5) is 19.8. The molecule has 4 rings (SSSR count). The van der Waals surface area contributed by atoms with Gasteiger partial charge in [0.25, 0.3) is 5.91 Å². The molecule has 1 aliphatic rings. The van der Waals surface area contributed by atoms with Crippen LogP contribution < -0.4 is 4.90 Å². The van der Waals surface area contributed by atoms with Crippen molar-refractivity contribution in [2.45, 2.75) is 39.0 Å². The van der Waals surface area contributed by atoms with Crippen molar-refractivity contribution in [2.24, 2.45) is 0 Å². The lowest BCUT2D eigenvalue weighted by Crippen LogP contribution is -2.36. The summed E-state index contributed by atoms with van der Waals surface area (Å²) in [6, 6.07) is 13.9. The molecule has 138 valence electrons. The molecule has 0 fully saturated rings. The minimum Gasteiger partial charge on any atom is -0.308 e. The summed E-state index contributed by atoms with van der Waals surface area (Å²) in [7, 11) is 0. The van der Waals surface area contributed by atoms with Crippen molar-refractivity contribution in [3.8, 4) is 5.82 Å². The van der Waals surface area contributed by atoms with Gasteiger partial charge in [-0.1, -0.05) is 45.0 Å². The molecule has 0 aliphatic carbocycles. The molecule has 0 saturated carbocycles. The highest BCUT2D eigenvalue weighted by Gasteiger charge is 2.30. The van der Waals surface area contributed by atoms with E-state index < -0.39 is 0 Å². The van der Waals surface area contributed by atoms with Crippen LogP contribution in [0, 0.1) is 0 Å². The zero-order valence-electron chi connectivity index (χ0n) is 16.0. The van der Waals surface area contributed by atoms with Gasteiger partial charge in [0.05, 0.1) is 17.5 Å². The highest BCUT2D eigenvalue weighted by Crippen LogP contribution is 2.36. The lowest BCUT2D eigenvalue weighted by atomic mass is 9.91. The quantitative estimate of drug-likeness (QED) is 0.689. The molecule has 3 heterocycles. The number of fused-ring (bicyclic) bond motifs is 1. The fraction of sp³-hybridized carbons (Fsp3) is 0.318. The van der Waals surface area contributed by atoms with Gasteiger partial charge in [0.1, 0.15) is 0 Å². The van der Waals surface area contributed by atoms with Crippen molar-refractivity contribution < 1.29 is 4.79 Å². The van der Waals surface area contributed by atoms with Crippen LogP contribution in [0.25, 0.3) is 5.82 Å². The first kappa shape index (κ1) is 17.5. The first-order valence-electron chi connectivity index (χ1n) is 9.48. The Hall–Kier alpha value is -2.95. The Morgan fingerprint density at radius 1 is 1.15 bits per heavy atom. The molecule has 1 unspecified atom stereocenters. The molecule has 27 heavy (non-hydrogen) atoms. The normalized spacial score (nSPS) is 16.4. The van der Waals surface area contributed by atoms with Crippen molar-refractivity contribution >= 4 is 11.6 Å². The Labute approximate surface area is 159 Å². The first-order chi connectivity index (χ1) is 13.1. The summed E-state index contributed by atoms with van der Waals surface area (Å²) in [6.45, 7) is 7.11. The molecule has 0 radical (unpaired) electrons. The van der Waals surface area contributed by atoms with Crippen molar-refractivity contribution in [2.75, 3.05) is 11.4 Å². The molecule has 0 bridgehead atoms. The number of hydrogen-bond donors (Lipinski definition) is 0. The lowest BCUT2D eigenvalue weighted by molar-refractivity contribution is 0.0983. The summed E-state index contributed by atoms with van der Waals surface area (Å²) in [5.41, 5.74) is 3.80. The molecule has 3 aromatic rings. The third-order valence-electron chi connectivity index (χ3n) is 5.24. The minimum atomic E-state index is 0.0141. The summed E-state index contributed by atoms with van der Waals surface area (Å²) in [5.74, 6) is 1.35. The van der Waals surface area contributed by atoms with Gasteiger partial charge in [-0.2, -0.15) is 5.10 Å². The number of para-hydroxylation sites is 1. The molecule has 5 nitrogen and oxygen atoms in total. The molecule has 5 heteroatoms. The van der Waals surface area contributed by atoms with E-state index in [1.54, 1.807) is 17.1 Å². The molecule has 0 spiro atoms. The van der Waals surface area contributed by atoms with E-state index in [-0.39, 0.29) is 11.8 Å². The van der Waals surface area contributed by atoms with Gasteiger partial charge in [0.2, 0.25) is 0 Å². The Bertz CT molecular complexity index is 961. The van der Waals surface area contributed by atoms with Crippen LogP contribution in [0.2, 0.25) is 0 Å². The monoisotopic (exact) mass is 360 g/mol. The number of pyridine rings is 1. The van der Waals surface area contributed by atoms with Crippen molar-refractivity contribution in [1.82, 2.24) is 14.8 Å². The maximum atomic E-state index is 13.5. The Balaban J connectivity index is 1.78. The van der Waals surface area contributed by atoms with Gasteiger partial charge in [-0.25, -0.2) is 9.67 Å². The number of aromatic nitrogens is 3. The topological polar surface area (TPSA) is 51.0 Å². The number of rotatable bonds is 3. The van der Waals surface area contributed by atoms with E-state index in [2.05, 4.69) is 36.9 Å². The summed E-state index contributed by atoms with van der Waals surface area (Å²) < 4.78 is 1.79. The van der Waals surface area contributed by atoms with E-state index in [1.807, 2.05) is 41.3 Å². The van der Waals surface area contributed by atoms with E-state index in [9.17, 15) is 4.79 Å². The number of amides is 1. The Kier molecular flexibility index (Phi) is 4.52. The van der Waals surface area contributed by atoms with Crippen LogP contribution in [0.3, 0.4) is 0 Å². The number of carbonyl (C=O) groups excluding carboxylic acids is 1. The van der Waals surface area contributed by atoms with Gasteiger partial charge in [0, 0.05) is 18.4 Å². The minimum absolute atomic E-state index is 0.0141. The molecule has 0 N–H and O–H groups in total. The van der Waals surface area contributed by atoms with E-state index >= 15 is 0 Å². The molecule has 1 amide bonds. The van der Waals surface area contributed by atoms with Gasteiger partial charge >= 0.3 is 0 Å². The number of carbonyl (C=O) groups is 1. The number of benzene rings is 1. The smallest absolute Gasteiger partial charge is 0.261 e. The zero-order valence-corrected chi connectivity index (χ0v) is 16.0. The largest absolute Gasteiger partial charge is 0.308 e. The zero-order chi connectivity index (χ0) is 19.0. The second-order valence-electron chi connectivity index (χ2n) is 7.40. The molecule has 1 aliphatic heterocycles. The van der Waals surface area contributed by atoms with Crippen LogP contribution in [0.5, 0.6) is 0 Å². The van der Waals surface area contributed by atoms with E-state index in [0.29, 0.717) is 11.5 Å². The van der Waals surface area contributed by atoms with Crippen molar-refractivity contribution in [3.05, 3.63) is 71.7 Å². The average molecular weight is 360 g/mol. The van der Waals surface area contributed by atoms with E-state index in [4.69, 9.17) is 0 Å². The fourth-order valence-electron chi connectivity index (χ4n) is 3.84. The summed E-state index contributed by atoms with van der Waals surface area (Å²) in [6.07, 6.45) is 4.39. The Morgan fingerprint density at radius 2 is 1.93 bits per heavy atom. The molecule has 2 aromatic heterocycles. The number of nitrogens with zero attached hydrogens (tertiary/aromatic N) is 4. The maximum Gasteiger partial charge on any atom is 0.261 e. The van der Waals surface area contributed by atoms with Gasteiger partial charge in [-0.05, 0) is 42.0 Å². The van der Waals surface area contributed by atoms with E-state index in [0.717, 1.165) is 30.2 Å². The lowest BCUT2D eigenvalue weighted by Gasteiger charge is -2.33. The fourth-order valence-corrected chi connectivity index (χ4v) is 3.84. The van der Waals surface area contributed by atoms with Crippen LogP contribution in [-0.2, 0) is 0 Å². The van der Waals surface area contributed by atoms with Crippen LogP contribution in [0.4, 0.5) is 5.69 Å². The highest BCUT2D eigenvalue weighted by molar-refractivity contribution is 6.07. The predicted molar refractivity (Wildman–Crippen MR) is 107 cm³/mol. The number of hydrogen-bond acceptors (Lipinski definition) is 3. The molecule has 0 saturated heterocycles. The van der Waals surface area contributed by atoms with Gasteiger partial charge < -0.3 is 4.90 Å². The second kappa shape index (κ2) is 6.99. The van der Waals surface area contributed by atoms with Crippen LogP contribution >= 0.6 is 0 Å². The van der Waals surface area contributed by atoms with E-state index in [1.165, 1.54) is 5.56 Å². The first-order valence-corrected chi connectivity index (χ1v) is 9.48. The van der Waals surface area contributed by atoms with Crippen molar-refractivity contribution in [1.29, 1.82) is 0 Å². The molecule has 1 aromatic carbocycles. The Morgan fingerprint density at radius 3 is 2.67 bits per heavy atom. The maximum absolute atomic E-state index is 13.5. The SMILES string of the molecule is CC(C)c1c(C(=O)N2CCC(C)c3ccccc32)cnn1-c1ccccn1. The molecule has 1 atom stereocenters. The van der Waals surface area contributed by atoms with Crippen LogP contribution in [0.1, 0.15) is 60.6 Å². The average Bonchev–Trinajstić information content (AvgIpc) is 3.14. The van der Waals surface area contributed by atoms with Crippen molar-refractivity contribution in [3.63, 3.8) is 0 Å². The van der Waals surface area contributed by atoms with Gasteiger partial charge in [-0.3, -0.25) is 4.79 Å². The predicted octanol–water partition coefficient (Wildman–Crippen LogP) is 4.54. The standard InChI is InChI=1S/C22H24N4O/c1-15(2)21-18(14-24-26(21)20-10-6-7-12-23-20)22(27)25-13-11-16(3)17-8-4-5-9-19(17)25/h4-10,12,14-16H,11,13H2,1-3H3. The van der Waals surface area contributed by atoms with Crippen LogP contribution in [0.15, 0.2) is 54.9 Å². The third-order valence-corrected chi connectivity index (χ3v) is 5.24. The van der Waals surface area contributed by atoms with Crippen LogP contribution in [-0.4, -0.2) is 27.2 Å². The molecular weight excluding hydrogens is 336 g/mol. The second-order valence-corrected chi connectivity index (χ2v) is 7.40.